The number of hydrogen-bond acceptors (Lipinski definition) is 3. The molecule has 0 unspecified atom stereocenters. The zero-order chi connectivity index (χ0) is 13.2. The summed E-state index contributed by atoms with van der Waals surface area (Å²) in [5, 5.41) is 0. The zero-order valence-electron chi connectivity index (χ0n) is 8.97. The number of rotatable bonds is 3. The highest BCUT2D eigenvalue weighted by Gasteiger charge is 2.15. The number of nitrogens with zero attached hydrogens (tertiary/aromatic N) is 1. The number of hydrogen-bond donors (Lipinski definition) is 1. The summed E-state index contributed by atoms with van der Waals surface area (Å²) in [7, 11) is -3.74. The predicted octanol–water partition coefficient (Wildman–Crippen LogP) is 2.78. The lowest BCUT2D eigenvalue weighted by Gasteiger charge is -2.07. The second-order valence-corrected chi connectivity index (χ2v) is 5.96. The third-order valence-corrected chi connectivity index (χ3v) is 4.10. The van der Waals surface area contributed by atoms with Gasteiger partial charge in [0.2, 0.25) is 0 Å². The fraction of sp³-hybridized carbons (Fsp3) is 0. The fourth-order valence-electron chi connectivity index (χ4n) is 1.28. The molecule has 0 fully saturated rings. The van der Waals surface area contributed by atoms with Crippen LogP contribution in [0.25, 0.3) is 0 Å². The second-order valence-electron chi connectivity index (χ2n) is 3.42. The topological polar surface area (TPSA) is 59.1 Å². The number of aromatic nitrogens is 1. The molecule has 0 aliphatic carbocycles. The molecule has 0 saturated heterocycles. The smallest absolute Gasteiger partial charge is 0.261 e. The van der Waals surface area contributed by atoms with Gasteiger partial charge in [0, 0.05) is 6.20 Å². The molecule has 1 N–H and O–H groups in total. The molecule has 0 aliphatic heterocycles. The zero-order valence-corrected chi connectivity index (χ0v) is 11.4. The Hall–Kier alpha value is -1.47. The number of pyridine rings is 1. The van der Waals surface area contributed by atoms with Crippen LogP contribution in [0.2, 0.25) is 0 Å². The summed E-state index contributed by atoms with van der Waals surface area (Å²) in [6, 6.07) is 6.66. The SMILES string of the molecule is O=S(=O)(Nc1cccnc1)c1ccc(F)c(Br)c1. The fourth-order valence-corrected chi connectivity index (χ4v) is 2.88. The number of anilines is 1. The van der Waals surface area contributed by atoms with Gasteiger partial charge in [0.15, 0.2) is 0 Å². The lowest BCUT2D eigenvalue weighted by Crippen LogP contribution is -2.13. The van der Waals surface area contributed by atoms with Gasteiger partial charge < -0.3 is 0 Å². The molecule has 0 radical (unpaired) electrons. The van der Waals surface area contributed by atoms with Gasteiger partial charge in [0.25, 0.3) is 10.0 Å². The summed E-state index contributed by atoms with van der Waals surface area (Å²) in [4.78, 5) is 3.77. The minimum atomic E-state index is -3.74. The number of benzene rings is 1. The Labute approximate surface area is 112 Å². The van der Waals surface area contributed by atoms with Crippen molar-refractivity contribution in [2.45, 2.75) is 4.90 Å². The Morgan fingerprint density at radius 1 is 1.28 bits per heavy atom. The van der Waals surface area contributed by atoms with E-state index in [1.807, 2.05) is 0 Å². The minimum absolute atomic E-state index is 0.0281. The molecule has 18 heavy (non-hydrogen) atoms. The van der Waals surface area contributed by atoms with Crippen molar-refractivity contribution >= 4 is 31.6 Å². The van der Waals surface area contributed by atoms with Crippen molar-refractivity contribution in [1.29, 1.82) is 0 Å². The summed E-state index contributed by atoms with van der Waals surface area (Å²) in [5.74, 6) is -0.518. The average molecular weight is 331 g/mol. The van der Waals surface area contributed by atoms with E-state index in [-0.39, 0.29) is 9.37 Å². The van der Waals surface area contributed by atoms with Crippen molar-refractivity contribution in [2.75, 3.05) is 4.72 Å². The molecule has 0 spiro atoms. The van der Waals surface area contributed by atoms with Gasteiger partial charge >= 0.3 is 0 Å². The van der Waals surface area contributed by atoms with Crippen molar-refractivity contribution in [3.8, 4) is 0 Å². The highest BCUT2D eigenvalue weighted by molar-refractivity contribution is 9.10. The minimum Gasteiger partial charge on any atom is -0.278 e. The van der Waals surface area contributed by atoms with Crippen LogP contribution in [0.1, 0.15) is 0 Å². The summed E-state index contributed by atoms with van der Waals surface area (Å²) in [6.07, 6.45) is 2.92. The van der Waals surface area contributed by atoms with Crippen molar-refractivity contribution in [3.63, 3.8) is 0 Å². The van der Waals surface area contributed by atoms with E-state index in [2.05, 4.69) is 25.6 Å². The van der Waals surface area contributed by atoms with Crippen LogP contribution in [0.3, 0.4) is 0 Å². The van der Waals surface area contributed by atoms with Crippen molar-refractivity contribution in [3.05, 3.63) is 53.0 Å². The molecule has 1 aromatic heterocycles. The highest BCUT2D eigenvalue weighted by Crippen LogP contribution is 2.21. The summed E-state index contributed by atoms with van der Waals surface area (Å²) >= 11 is 2.94. The number of nitrogens with one attached hydrogen (secondary N) is 1. The van der Waals surface area contributed by atoms with Crippen molar-refractivity contribution < 1.29 is 12.8 Å². The molecular weight excluding hydrogens is 323 g/mol. The van der Waals surface area contributed by atoms with Gasteiger partial charge in [-0.3, -0.25) is 9.71 Å². The van der Waals surface area contributed by atoms with Gasteiger partial charge in [-0.25, -0.2) is 12.8 Å². The summed E-state index contributed by atoms with van der Waals surface area (Å²) in [5.41, 5.74) is 0.345. The van der Waals surface area contributed by atoms with Crippen LogP contribution in [0.15, 0.2) is 52.1 Å². The normalized spacial score (nSPS) is 11.2. The van der Waals surface area contributed by atoms with Crippen LogP contribution in [-0.2, 0) is 10.0 Å². The van der Waals surface area contributed by atoms with E-state index >= 15 is 0 Å². The van der Waals surface area contributed by atoms with E-state index < -0.39 is 15.8 Å². The van der Waals surface area contributed by atoms with E-state index in [1.54, 1.807) is 12.1 Å². The summed E-state index contributed by atoms with van der Waals surface area (Å²) < 4.78 is 39.4. The van der Waals surface area contributed by atoms with Crippen LogP contribution >= 0.6 is 15.9 Å². The Balaban J connectivity index is 2.34. The summed E-state index contributed by atoms with van der Waals surface area (Å²) in [6.45, 7) is 0. The van der Waals surface area contributed by atoms with E-state index in [0.717, 1.165) is 6.07 Å². The van der Waals surface area contributed by atoms with E-state index in [0.29, 0.717) is 5.69 Å². The molecule has 2 aromatic rings. The van der Waals surface area contributed by atoms with Gasteiger partial charge in [-0.1, -0.05) is 0 Å². The molecule has 0 bridgehead atoms. The molecule has 7 heteroatoms. The lowest BCUT2D eigenvalue weighted by molar-refractivity contribution is 0.599. The van der Waals surface area contributed by atoms with Crippen LogP contribution in [-0.4, -0.2) is 13.4 Å². The first-order valence-corrected chi connectivity index (χ1v) is 7.14. The first kappa shape index (κ1) is 13.0. The van der Waals surface area contributed by atoms with Gasteiger partial charge in [0.1, 0.15) is 5.82 Å². The molecule has 0 atom stereocenters. The van der Waals surface area contributed by atoms with Crippen LogP contribution in [0.4, 0.5) is 10.1 Å². The molecule has 1 aromatic carbocycles. The maximum atomic E-state index is 13.0. The average Bonchev–Trinajstić information content (AvgIpc) is 2.33. The van der Waals surface area contributed by atoms with Crippen LogP contribution < -0.4 is 4.72 Å². The second kappa shape index (κ2) is 5.03. The standard InChI is InChI=1S/C11H8BrFN2O2S/c12-10-6-9(3-4-11(10)13)18(16,17)15-8-2-1-5-14-7-8/h1-7,15H. The molecule has 0 aliphatic rings. The maximum absolute atomic E-state index is 13.0. The molecule has 1 heterocycles. The largest absolute Gasteiger partial charge is 0.278 e. The van der Waals surface area contributed by atoms with Gasteiger partial charge in [-0.05, 0) is 46.3 Å². The van der Waals surface area contributed by atoms with E-state index in [9.17, 15) is 12.8 Å². The molecule has 4 nitrogen and oxygen atoms in total. The van der Waals surface area contributed by atoms with Gasteiger partial charge in [0.05, 0.1) is 21.3 Å². The van der Waals surface area contributed by atoms with Gasteiger partial charge in [-0.2, -0.15) is 0 Å². The third kappa shape index (κ3) is 2.85. The van der Waals surface area contributed by atoms with Crippen LogP contribution in [0, 0.1) is 5.82 Å². The monoisotopic (exact) mass is 330 g/mol. The Morgan fingerprint density at radius 3 is 2.67 bits per heavy atom. The Kier molecular flexibility index (Phi) is 3.63. The molecular formula is C11H8BrFN2O2S. The first-order valence-electron chi connectivity index (χ1n) is 4.87. The Bertz CT molecular complexity index is 662. The van der Waals surface area contributed by atoms with E-state index in [4.69, 9.17) is 0 Å². The molecule has 0 saturated carbocycles. The lowest BCUT2D eigenvalue weighted by atomic mass is 10.3. The molecule has 2 rings (SSSR count). The Morgan fingerprint density at radius 2 is 2.06 bits per heavy atom. The van der Waals surface area contributed by atoms with Crippen LogP contribution in [0.5, 0.6) is 0 Å². The van der Waals surface area contributed by atoms with E-state index in [1.165, 1.54) is 24.5 Å². The predicted molar refractivity (Wildman–Crippen MR) is 69.1 cm³/mol. The van der Waals surface area contributed by atoms with Gasteiger partial charge in [-0.15, -0.1) is 0 Å². The van der Waals surface area contributed by atoms with Crippen molar-refractivity contribution in [2.24, 2.45) is 0 Å². The molecule has 0 amide bonds. The number of sulfonamides is 1. The maximum Gasteiger partial charge on any atom is 0.261 e. The molecule has 94 valence electrons. The first-order chi connectivity index (χ1) is 8.49. The highest BCUT2D eigenvalue weighted by atomic mass is 79.9. The number of halogens is 2. The third-order valence-electron chi connectivity index (χ3n) is 2.12. The quantitative estimate of drug-likeness (QED) is 0.941. The van der Waals surface area contributed by atoms with Crippen molar-refractivity contribution in [1.82, 2.24) is 4.98 Å².